The highest BCUT2D eigenvalue weighted by Crippen LogP contribution is 2.20. The molecule has 0 aliphatic heterocycles. The number of methoxy groups -OCH3 is 1. The van der Waals surface area contributed by atoms with Crippen molar-refractivity contribution in [3.05, 3.63) is 53.6 Å². The van der Waals surface area contributed by atoms with Crippen molar-refractivity contribution in [2.75, 3.05) is 21.2 Å². The monoisotopic (exact) mass is 295 g/mol. The van der Waals surface area contributed by atoms with Crippen molar-refractivity contribution in [2.24, 2.45) is 0 Å². The molecule has 6 heteroatoms. The molecule has 0 saturated carbocycles. The van der Waals surface area contributed by atoms with E-state index >= 15 is 0 Å². The summed E-state index contributed by atoms with van der Waals surface area (Å²) in [6, 6.07) is 8.03. The number of allylic oxidation sites excluding steroid dienone is 1. The maximum atomic E-state index is 12.5. The third-order valence-electron chi connectivity index (χ3n) is 2.33. The SMILES string of the molecule is COC(=O)/C=C/C(=C\N(C)C)S(=O)(=O)c1ccccc1. The maximum absolute atomic E-state index is 12.5. The maximum Gasteiger partial charge on any atom is 0.330 e. The number of sulfone groups is 1. The minimum Gasteiger partial charge on any atom is -0.466 e. The quantitative estimate of drug-likeness (QED) is 0.469. The molecule has 0 atom stereocenters. The zero-order valence-corrected chi connectivity index (χ0v) is 12.4. The van der Waals surface area contributed by atoms with E-state index in [0.717, 1.165) is 6.08 Å². The van der Waals surface area contributed by atoms with Crippen LogP contribution in [0.1, 0.15) is 0 Å². The van der Waals surface area contributed by atoms with Gasteiger partial charge in [0.1, 0.15) is 0 Å². The normalized spacial score (nSPS) is 12.4. The first-order valence-corrected chi connectivity index (χ1v) is 7.30. The van der Waals surface area contributed by atoms with Crippen molar-refractivity contribution in [2.45, 2.75) is 4.90 Å². The van der Waals surface area contributed by atoms with Gasteiger partial charge in [0.15, 0.2) is 0 Å². The smallest absolute Gasteiger partial charge is 0.330 e. The second-order valence-electron chi connectivity index (χ2n) is 4.17. The number of benzene rings is 1. The largest absolute Gasteiger partial charge is 0.466 e. The van der Waals surface area contributed by atoms with E-state index < -0.39 is 15.8 Å². The number of esters is 1. The van der Waals surface area contributed by atoms with Gasteiger partial charge in [-0.3, -0.25) is 0 Å². The van der Waals surface area contributed by atoms with Crippen LogP contribution in [-0.4, -0.2) is 40.5 Å². The van der Waals surface area contributed by atoms with Crippen molar-refractivity contribution in [3.63, 3.8) is 0 Å². The second-order valence-corrected chi connectivity index (χ2v) is 6.12. The Hall–Kier alpha value is -2.08. The van der Waals surface area contributed by atoms with Crippen LogP contribution in [0, 0.1) is 0 Å². The zero-order valence-electron chi connectivity index (χ0n) is 11.6. The van der Waals surface area contributed by atoms with Gasteiger partial charge in [0.25, 0.3) is 0 Å². The lowest BCUT2D eigenvalue weighted by molar-refractivity contribution is -0.134. The van der Waals surface area contributed by atoms with Gasteiger partial charge in [-0.05, 0) is 18.2 Å². The number of nitrogens with zero attached hydrogens (tertiary/aromatic N) is 1. The first-order valence-electron chi connectivity index (χ1n) is 5.82. The Bertz CT molecular complexity index is 616. The van der Waals surface area contributed by atoms with Gasteiger partial charge < -0.3 is 9.64 Å². The van der Waals surface area contributed by atoms with E-state index in [1.165, 1.54) is 31.5 Å². The Kier molecular flexibility index (Phi) is 5.52. The van der Waals surface area contributed by atoms with Crippen molar-refractivity contribution in [1.29, 1.82) is 0 Å². The molecule has 0 unspecified atom stereocenters. The molecule has 0 aliphatic rings. The molecule has 5 nitrogen and oxygen atoms in total. The molecule has 0 spiro atoms. The molecule has 0 bridgehead atoms. The molecule has 0 aliphatic carbocycles. The van der Waals surface area contributed by atoms with Crippen LogP contribution in [0.3, 0.4) is 0 Å². The van der Waals surface area contributed by atoms with Crippen LogP contribution >= 0.6 is 0 Å². The Balaban J connectivity index is 3.25. The summed E-state index contributed by atoms with van der Waals surface area (Å²) < 4.78 is 29.4. The van der Waals surface area contributed by atoms with Crippen molar-refractivity contribution in [1.82, 2.24) is 4.90 Å². The highest BCUT2D eigenvalue weighted by molar-refractivity contribution is 7.95. The van der Waals surface area contributed by atoms with Crippen molar-refractivity contribution >= 4 is 15.8 Å². The van der Waals surface area contributed by atoms with Gasteiger partial charge in [-0.15, -0.1) is 0 Å². The van der Waals surface area contributed by atoms with Crippen LogP contribution in [0.15, 0.2) is 58.5 Å². The van der Waals surface area contributed by atoms with E-state index in [4.69, 9.17) is 0 Å². The van der Waals surface area contributed by atoms with E-state index in [0.29, 0.717) is 0 Å². The minimum absolute atomic E-state index is 0.0131. The predicted molar refractivity (Wildman–Crippen MR) is 76.6 cm³/mol. The Morgan fingerprint density at radius 2 is 1.75 bits per heavy atom. The van der Waals surface area contributed by atoms with Crippen LogP contribution in [0.4, 0.5) is 0 Å². The Morgan fingerprint density at radius 3 is 2.25 bits per heavy atom. The topological polar surface area (TPSA) is 63.7 Å². The summed E-state index contributed by atoms with van der Waals surface area (Å²) in [5.41, 5.74) is 0. The van der Waals surface area contributed by atoms with E-state index in [1.807, 2.05) is 0 Å². The summed E-state index contributed by atoms with van der Waals surface area (Å²) in [6.45, 7) is 0. The van der Waals surface area contributed by atoms with E-state index in [-0.39, 0.29) is 9.80 Å². The molecular weight excluding hydrogens is 278 g/mol. The summed E-state index contributed by atoms with van der Waals surface area (Å²) in [4.78, 5) is 12.9. The van der Waals surface area contributed by atoms with Gasteiger partial charge in [0, 0.05) is 26.4 Å². The molecular formula is C14H17NO4S. The van der Waals surface area contributed by atoms with Crippen LogP contribution in [0.5, 0.6) is 0 Å². The van der Waals surface area contributed by atoms with Crippen LogP contribution in [0.2, 0.25) is 0 Å². The van der Waals surface area contributed by atoms with Crippen LogP contribution in [0.25, 0.3) is 0 Å². The minimum atomic E-state index is -3.68. The summed E-state index contributed by atoms with van der Waals surface area (Å²) in [5, 5.41) is 0. The van der Waals surface area contributed by atoms with Crippen molar-refractivity contribution < 1.29 is 17.9 Å². The lowest BCUT2D eigenvalue weighted by Crippen LogP contribution is -2.10. The first-order chi connectivity index (χ1) is 9.37. The van der Waals surface area contributed by atoms with E-state index in [1.54, 1.807) is 37.2 Å². The third-order valence-corrected chi connectivity index (χ3v) is 4.09. The van der Waals surface area contributed by atoms with Crippen LogP contribution in [-0.2, 0) is 19.4 Å². The molecule has 1 aromatic rings. The molecule has 0 aromatic heterocycles. The highest BCUT2D eigenvalue weighted by atomic mass is 32.2. The fourth-order valence-electron chi connectivity index (χ4n) is 1.41. The number of ether oxygens (including phenoxy) is 1. The van der Waals surface area contributed by atoms with Crippen LogP contribution < -0.4 is 0 Å². The third kappa shape index (κ3) is 4.24. The van der Waals surface area contributed by atoms with Gasteiger partial charge in [-0.1, -0.05) is 18.2 Å². The number of rotatable bonds is 5. The fraction of sp³-hybridized carbons (Fsp3) is 0.214. The summed E-state index contributed by atoms with van der Waals surface area (Å²) in [5.74, 6) is -0.613. The number of hydrogen-bond acceptors (Lipinski definition) is 5. The summed E-state index contributed by atoms with van der Waals surface area (Å²) in [7, 11) is 0.956. The molecule has 0 fully saturated rings. The molecule has 0 N–H and O–H groups in total. The Labute approximate surface area is 119 Å². The van der Waals surface area contributed by atoms with Crippen molar-refractivity contribution in [3.8, 4) is 0 Å². The molecule has 20 heavy (non-hydrogen) atoms. The van der Waals surface area contributed by atoms with Gasteiger partial charge in [0.2, 0.25) is 9.84 Å². The average molecular weight is 295 g/mol. The molecule has 1 aromatic carbocycles. The molecule has 0 saturated heterocycles. The standard InChI is InChI=1S/C14H17NO4S/c1-15(2)11-13(9-10-14(16)19-3)20(17,18)12-7-5-4-6-8-12/h4-11H,1-3H3/b10-9+,13-11+. The van der Waals surface area contributed by atoms with Gasteiger partial charge in [-0.25, -0.2) is 13.2 Å². The number of carbonyl (C=O) groups excluding carboxylic acids is 1. The van der Waals surface area contributed by atoms with Gasteiger partial charge in [-0.2, -0.15) is 0 Å². The zero-order chi connectivity index (χ0) is 15.2. The number of carbonyl (C=O) groups is 1. The fourth-order valence-corrected chi connectivity index (χ4v) is 2.79. The summed E-state index contributed by atoms with van der Waals surface area (Å²) in [6.07, 6.45) is 3.74. The second kappa shape index (κ2) is 6.91. The summed E-state index contributed by atoms with van der Waals surface area (Å²) >= 11 is 0. The first kappa shape index (κ1) is 16.0. The average Bonchev–Trinajstić information content (AvgIpc) is 2.43. The number of hydrogen-bond donors (Lipinski definition) is 0. The molecule has 0 amide bonds. The Morgan fingerprint density at radius 1 is 1.15 bits per heavy atom. The van der Waals surface area contributed by atoms with Gasteiger partial charge >= 0.3 is 5.97 Å². The molecule has 0 radical (unpaired) electrons. The lowest BCUT2D eigenvalue weighted by atomic mass is 10.4. The van der Waals surface area contributed by atoms with E-state index in [2.05, 4.69) is 4.74 Å². The van der Waals surface area contributed by atoms with Gasteiger partial charge in [0.05, 0.1) is 16.9 Å². The van der Waals surface area contributed by atoms with E-state index in [9.17, 15) is 13.2 Å². The highest BCUT2D eigenvalue weighted by Gasteiger charge is 2.18. The predicted octanol–water partition coefficient (Wildman–Crippen LogP) is 1.59. The molecule has 0 heterocycles. The molecule has 108 valence electrons. The lowest BCUT2D eigenvalue weighted by Gasteiger charge is -2.10. The molecule has 1 rings (SSSR count).